The number of hydrogen-bond acceptors (Lipinski definition) is 1. The molecule has 0 radical (unpaired) electrons. The van der Waals surface area contributed by atoms with E-state index in [0.29, 0.717) is 6.42 Å². The van der Waals surface area contributed by atoms with Gasteiger partial charge in [0.05, 0.1) is 5.69 Å². The molecule has 0 aliphatic heterocycles. The van der Waals surface area contributed by atoms with Gasteiger partial charge in [0, 0.05) is 12.6 Å². The number of hydrogen-bond donors (Lipinski definition) is 1. The van der Waals surface area contributed by atoms with Crippen LogP contribution in [-0.4, -0.2) is 10.8 Å². The maximum atomic E-state index is 11.7. The van der Waals surface area contributed by atoms with Crippen molar-refractivity contribution in [1.82, 2.24) is 4.98 Å². The number of aryl methyl sites for hydroxylation is 1. The highest BCUT2D eigenvalue weighted by atomic mass is 16.1. The van der Waals surface area contributed by atoms with Crippen molar-refractivity contribution in [3.63, 3.8) is 0 Å². The molecule has 17 heavy (non-hydrogen) atoms. The molecule has 1 aromatic heterocycles. The van der Waals surface area contributed by atoms with Gasteiger partial charge in [-0.2, -0.15) is 0 Å². The number of carbonyl (C=O) groups is 1. The van der Waals surface area contributed by atoms with E-state index in [-0.39, 0.29) is 5.78 Å². The predicted octanol–water partition coefficient (Wildman–Crippen LogP) is 3.61. The maximum absolute atomic E-state index is 11.7. The predicted molar refractivity (Wildman–Crippen MR) is 69.1 cm³/mol. The van der Waals surface area contributed by atoms with Crippen LogP contribution in [0.3, 0.4) is 0 Å². The van der Waals surface area contributed by atoms with Crippen molar-refractivity contribution in [2.24, 2.45) is 0 Å². The van der Waals surface area contributed by atoms with E-state index in [2.05, 4.69) is 29.2 Å². The van der Waals surface area contributed by atoms with Crippen molar-refractivity contribution in [3.8, 4) is 0 Å². The third-order valence-corrected chi connectivity index (χ3v) is 2.86. The number of rotatable bonds is 6. The molecule has 0 amide bonds. The van der Waals surface area contributed by atoms with Gasteiger partial charge in [0.15, 0.2) is 5.78 Å². The molecule has 0 bridgehead atoms. The van der Waals surface area contributed by atoms with Crippen molar-refractivity contribution >= 4 is 5.78 Å². The molecule has 0 fully saturated rings. The Kier molecular flexibility index (Phi) is 4.14. The van der Waals surface area contributed by atoms with Gasteiger partial charge < -0.3 is 4.98 Å². The lowest BCUT2D eigenvalue weighted by Crippen LogP contribution is -1.99. The highest BCUT2D eigenvalue weighted by Gasteiger charge is 2.05. The van der Waals surface area contributed by atoms with Crippen LogP contribution in [0.5, 0.6) is 0 Å². The number of carbonyl (C=O) groups excluding carboxylic acids is 1. The van der Waals surface area contributed by atoms with Crippen molar-refractivity contribution in [2.45, 2.75) is 25.7 Å². The Bertz CT molecular complexity index is 445. The summed E-state index contributed by atoms with van der Waals surface area (Å²) in [5, 5.41) is 0. The highest BCUT2D eigenvalue weighted by molar-refractivity contribution is 5.94. The van der Waals surface area contributed by atoms with Crippen LogP contribution in [-0.2, 0) is 6.42 Å². The minimum absolute atomic E-state index is 0.211. The summed E-state index contributed by atoms with van der Waals surface area (Å²) in [5.41, 5.74) is 2.07. The molecule has 2 heteroatoms. The zero-order valence-corrected chi connectivity index (χ0v) is 9.86. The van der Waals surface area contributed by atoms with Crippen LogP contribution < -0.4 is 0 Å². The van der Waals surface area contributed by atoms with E-state index < -0.39 is 0 Å². The van der Waals surface area contributed by atoms with Gasteiger partial charge in [-0.3, -0.25) is 4.79 Å². The molecule has 0 aliphatic carbocycles. The van der Waals surface area contributed by atoms with Gasteiger partial charge in [-0.25, -0.2) is 0 Å². The summed E-state index contributed by atoms with van der Waals surface area (Å²) in [6, 6.07) is 14.1. The monoisotopic (exact) mass is 227 g/mol. The second kappa shape index (κ2) is 6.04. The summed E-state index contributed by atoms with van der Waals surface area (Å²) in [6.45, 7) is 0. The molecule has 2 aromatic rings. The molecule has 0 unspecified atom stereocenters. The second-order valence-corrected chi connectivity index (χ2v) is 4.20. The van der Waals surface area contributed by atoms with E-state index in [9.17, 15) is 4.79 Å². The maximum Gasteiger partial charge on any atom is 0.178 e. The van der Waals surface area contributed by atoms with Crippen LogP contribution >= 0.6 is 0 Å². The van der Waals surface area contributed by atoms with Crippen LogP contribution in [0.1, 0.15) is 35.3 Å². The number of nitrogens with one attached hydrogen (secondary N) is 1. The number of ketones is 1. The number of unbranched alkanes of at least 4 members (excludes halogenated alkanes) is 1. The van der Waals surface area contributed by atoms with Crippen molar-refractivity contribution in [2.75, 3.05) is 0 Å². The van der Waals surface area contributed by atoms with Crippen LogP contribution in [0.2, 0.25) is 0 Å². The van der Waals surface area contributed by atoms with E-state index in [0.717, 1.165) is 25.0 Å². The number of H-pyrrole nitrogens is 1. The average molecular weight is 227 g/mol. The fourth-order valence-electron chi connectivity index (χ4n) is 1.90. The molecule has 0 atom stereocenters. The molecule has 0 saturated carbocycles. The molecular formula is C15H17NO. The third kappa shape index (κ3) is 3.59. The normalized spacial score (nSPS) is 10.4. The van der Waals surface area contributed by atoms with E-state index in [1.807, 2.05) is 18.2 Å². The summed E-state index contributed by atoms with van der Waals surface area (Å²) >= 11 is 0. The first-order valence-corrected chi connectivity index (χ1v) is 6.07. The minimum atomic E-state index is 0.211. The first-order chi connectivity index (χ1) is 8.36. The third-order valence-electron chi connectivity index (χ3n) is 2.86. The van der Waals surface area contributed by atoms with E-state index >= 15 is 0 Å². The molecular weight excluding hydrogens is 210 g/mol. The molecule has 0 saturated heterocycles. The smallest absolute Gasteiger partial charge is 0.178 e. The fraction of sp³-hybridized carbons (Fsp3) is 0.267. The molecule has 0 aliphatic rings. The van der Waals surface area contributed by atoms with Crippen LogP contribution in [0.15, 0.2) is 48.7 Å². The van der Waals surface area contributed by atoms with Crippen molar-refractivity contribution in [3.05, 3.63) is 59.9 Å². The van der Waals surface area contributed by atoms with Gasteiger partial charge in [-0.05, 0) is 37.0 Å². The lowest BCUT2D eigenvalue weighted by atomic mass is 10.1. The molecule has 2 nitrogen and oxygen atoms in total. The van der Waals surface area contributed by atoms with Crippen LogP contribution in [0.4, 0.5) is 0 Å². The summed E-state index contributed by atoms with van der Waals surface area (Å²) in [6.07, 6.45) is 5.49. The first-order valence-electron chi connectivity index (χ1n) is 6.07. The van der Waals surface area contributed by atoms with Gasteiger partial charge in [0.1, 0.15) is 0 Å². The summed E-state index contributed by atoms with van der Waals surface area (Å²) in [4.78, 5) is 14.6. The first kappa shape index (κ1) is 11.6. The molecule has 2 rings (SSSR count). The lowest BCUT2D eigenvalue weighted by molar-refractivity contribution is 0.0975. The Morgan fingerprint density at radius 3 is 2.53 bits per heavy atom. The fourth-order valence-corrected chi connectivity index (χ4v) is 1.90. The van der Waals surface area contributed by atoms with Crippen LogP contribution in [0, 0.1) is 0 Å². The number of Topliss-reactive ketones (excluding diaryl/α,β-unsaturated/α-hetero) is 1. The zero-order chi connectivity index (χ0) is 11.9. The van der Waals surface area contributed by atoms with E-state index in [4.69, 9.17) is 0 Å². The van der Waals surface area contributed by atoms with Gasteiger partial charge >= 0.3 is 0 Å². The van der Waals surface area contributed by atoms with Gasteiger partial charge in [0.25, 0.3) is 0 Å². The SMILES string of the molecule is O=C(CCCCc1ccccc1)c1ccc[nH]1. The quantitative estimate of drug-likeness (QED) is 0.593. The molecule has 1 heterocycles. The second-order valence-electron chi connectivity index (χ2n) is 4.20. The topological polar surface area (TPSA) is 32.9 Å². The van der Waals surface area contributed by atoms with Crippen molar-refractivity contribution in [1.29, 1.82) is 0 Å². The molecule has 88 valence electrons. The Morgan fingerprint density at radius 2 is 1.82 bits per heavy atom. The molecule has 1 N–H and O–H groups in total. The Labute approximate surface area is 102 Å². The van der Waals surface area contributed by atoms with E-state index in [1.165, 1.54) is 5.56 Å². The summed E-state index contributed by atoms with van der Waals surface area (Å²) < 4.78 is 0. The zero-order valence-electron chi connectivity index (χ0n) is 9.86. The standard InChI is InChI=1S/C15H17NO/c17-15(14-10-6-12-16-14)11-5-4-9-13-7-2-1-3-8-13/h1-3,6-8,10,12,16H,4-5,9,11H2. The Morgan fingerprint density at radius 1 is 1.00 bits per heavy atom. The van der Waals surface area contributed by atoms with Gasteiger partial charge in [-0.15, -0.1) is 0 Å². The van der Waals surface area contributed by atoms with Crippen LogP contribution in [0.25, 0.3) is 0 Å². The Balaban J connectivity index is 1.69. The number of benzene rings is 1. The lowest BCUT2D eigenvalue weighted by Gasteiger charge is -2.01. The Hall–Kier alpha value is -1.83. The summed E-state index contributed by atoms with van der Waals surface area (Å²) in [7, 11) is 0. The molecule has 0 spiro atoms. The summed E-state index contributed by atoms with van der Waals surface area (Å²) in [5.74, 6) is 0.211. The number of aromatic nitrogens is 1. The van der Waals surface area contributed by atoms with Crippen molar-refractivity contribution < 1.29 is 4.79 Å². The molecule has 1 aromatic carbocycles. The minimum Gasteiger partial charge on any atom is -0.359 e. The van der Waals surface area contributed by atoms with Gasteiger partial charge in [0.2, 0.25) is 0 Å². The van der Waals surface area contributed by atoms with Gasteiger partial charge in [-0.1, -0.05) is 30.3 Å². The largest absolute Gasteiger partial charge is 0.359 e. The highest BCUT2D eigenvalue weighted by Crippen LogP contribution is 2.08. The average Bonchev–Trinajstić information content (AvgIpc) is 2.89. The van der Waals surface area contributed by atoms with E-state index in [1.54, 1.807) is 6.20 Å². The number of aromatic amines is 1.